The molecule has 0 fully saturated rings. The summed E-state index contributed by atoms with van der Waals surface area (Å²) in [5.41, 5.74) is 15.8. The Hall–Kier alpha value is -5.66. The van der Waals surface area contributed by atoms with Crippen molar-refractivity contribution in [3.63, 3.8) is 0 Å². The monoisotopic (exact) mass is 586 g/mol. The molecule has 0 radical (unpaired) electrons. The molecule has 216 valence electrons. The van der Waals surface area contributed by atoms with Crippen LogP contribution in [0.5, 0.6) is 11.5 Å². The van der Waals surface area contributed by atoms with E-state index in [9.17, 15) is 0 Å². The maximum Gasteiger partial charge on any atom is 0.132 e. The zero-order valence-corrected chi connectivity index (χ0v) is 25.5. The fourth-order valence-electron chi connectivity index (χ4n) is 9.04. The molecule has 1 heterocycles. The molecular formula is C45H30O. The number of rotatable bonds is 2. The van der Waals surface area contributed by atoms with Crippen molar-refractivity contribution in [1.29, 1.82) is 0 Å². The fraction of sp³-hybridized carbons (Fsp3) is 0.0667. The van der Waals surface area contributed by atoms with E-state index in [-0.39, 0.29) is 5.41 Å². The zero-order chi connectivity index (χ0) is 30.5. The highest BCUT2D eigenvalue weighted by Gasteiger charge is 2.53. The number of fused-ring (bicyclic) bond motifs is 12. The first-order valence-corrected chi connectivity index (χ1v) is 16.1. The van der Waals surface area contributed by atoms with Crippen LogP contribution in [0.15, 0.2) is 164 Å². The number of para-hydroxylation sites is 1. The van der Waals surface area contributed by atoms with Crippen molar-refractivity contribution in [2.24, 2.45) is 0 Å². The van der Waals surface area contributed by atoms with Crippen molar-refractivity contribution in [3.8, 4) is 44.9 Å². The van der Waals surface area contributed by atoms with Crippen LogP contribution in [0.1, 0.15) is 45.9 Å². The lowest BCUT2D eigenvalue weighted by Gasteiger charge is -2.41. The van der Waals surface area contributed by atoms with Crippen molar-refractivity contribution < 1.29 is 4.74 Å². The maximum atomic E-state index is 6.87. The van der Waals surface area contributed by atoms with Crippen molar-refractivity contribution in [1.82, 2.24) is 0 Å². The third kappa shape index (κ3) is 3.05. The van der Waals surface area contributed by atoms with Gasteiger partial charge in [0.2, 0.25) is 0 Å². The second-order valence-electron chi connectivity index (χ2n) is 12.9. The quantitative estimate of drug-likeness (QED) is 0.196. The maximum absolute atomic E-state index is 6.87. The van der Waals surface area contributed by atoms with E-state index >= 15 is 0 Å². The third-order valence-electron chi connectivity index (χ3n) is 10.8. The van der Waals surface area contributed by atoms with Gasteiger partial charge < -0.3 is 4.74 Å². The minimum Gasteiger partial charge on any atom is -0.457 e. The van der Waals surface area contributed by atoms with E-state index in [2.05, 4.69) is 171 Å². The van der Waals surface area contributed by atoms with E-state index in [1.807, 2.05) is 0 Å². The topological polar surface area (TPSA) is 9.23 Å². The standard InChI is InChI=1S/C45H30O/c1-44(29-15-3-2-4-16-29)36-23-8-5-19-32(36)33-20-13-21-34(42(33)44)35-22-14-28-41-43(35)45(39-26-11-12-27-40(39)46-41)37-24-9-6-17-30(37)31-18-7-10-25-38(31)45/h2-28H,1H3. The summed E-state index contributed by atoms with van der Waals surface area (Å²) in [7, 11) is 0. The minimum atomic E-state index is -0.536. The highest BCUT2D eigenvalue weighted by atomic mass is 16.5. The number of hydrogen-bond acceptors (Lipinski definition) is 1. The first-order chi connectivity index (χ1) is 22.7. The minimum absolute atomic E-state index is 0.335. The van der Waals surface area contributed by atoms with Crippen LogP contribution in [0.4, 0.5) is 0 Å². The van der Waals surface area contributed by atoms with Gasteiger partial charge in [-0.2, -0.15) is 0 Å². The summed E-state index contributed by atoms with van der Waals surface area (Å²) in [6.45, 7) is 2.41. The van der Waals surface area contributed by atoms with Crippen LogP contribution in [0, 0.1) is 0 Å². The Bertz CT molecular complexity index is 2320. The van der Waals surface area contributed by atoms with Crippen LogP contribution in [0.2, 0.25) is 0 Å². The molecule has 1 atom stereocenters. The average Bonchev–Trinajstić information content (AvgIpc) is 3.57. The molecule has 1 unspecified atom stereocenters. The van der Waals surface area contributed by atoms with Gasteiger partial charge >= 0.3 is 0 Å². The molecule has 10 rings (SSSR count). The van der Waals surface area contributed by atoms with Crippen LogP contribution in [-0.2, 0) is 10.8 Å². The van der Waals surface area contributed by atoms with Gasteiger partial charge in [-0.25, -0.2) is 0 Å². The Balaban J connectivity index is 1.36. The Morgan fingerprint density at radius 1 is 0.348 bits per heavy atom. The zero-order valence-electron chi connectivity index (χ0n) is 25.5. The first kappa shape index (κ1) is 25.6. The molecule has 0 bridgehead atoms. The number of hydrogen-bond donors (Lipinski definition) is 0. The lowest BCUT2D eigenvalue weighted by molar-refractivity contribution is 0.437. The molecular weight excluding hydrogens is 556 g/mol. The summed E-state index contributed by atoms with van der Waals surface area (Å²) in [5, 5.41) is 0. The molecule has 3 aliphatic rings. The molecule has 1 heteroatoms. The van der Waals surface area contributed by atoms with Gasteiger partial charge in [-0.3, -0.25) is 0 Å². The van der Waals surface area contributed by atoms with Crippen LogP contribution in [0.3, 0.4) is 0 Å². The Kier molecular flexibility index (Phi) is 5.12. The van der Waals surface area contributed by atoms with Crippen molar-refractivity contribution in [2.45, 2.75) is 17.8 Å². The molecule has 1 nitrogen and oxygen atoms in total. The third-order valence-corrected chi connectivity index (χ3v) is 10.8. The predicted molar refractivity (Wildman–Crippen MR) is 187 cm³/mol. The van der Waals surface area contributed by atoms with E-state index in [4.69, 9.17) is 4.74 Å². The summed E-state index contributed by atoms with van der Waals surface area (Å²) < 4.78 is 6.87. The summed E-state index contributed by atoms with van der Waals surface area (Å²) in [4.78, 5) is 0. The molecule has 46 heavy (non-hydrogen) atoms. The Morgan fingerprint density at radius 2 is 0.783 bits per heavy atom. The summed E-state index contributed by atoms with van der Waals surface area (Å²) in [5.74, 6) is 1.83. The molecule has 7 aromatic carbocycles. The van der Waals surface area contributed by atoms with E-state index in [0.717, 1.165) is 11.5 Å². The number of benzene rings is 7. The highest BCUT2D eigenvalue weighted by molar-refractivity contribution is 5.95. The van der Waals surface area contributed by atoms with Crippen LogP contribution >= 0.6 is 0 Å². The molecule has 2 aliphatic carbocycles. The lowest BCUT2D eigenvalue weighted by Crippen LogP contribution is -2.33. The van der Waals surface area contributed by atoms with Crippen LogP contribution in [0.25, 0.3) is 33.4 Å². The van der Waals surface area contributed by atoms with Gasteiger partial charge in [-0.05, 0) is 80.3 Å². The van der Waals surface area contributed by atoms with Gasteiger partial charge in [0.15, 0.2) is 0 Å². The van der Waals surface area contributed by atoms with Gasteiger partial charge in [0.1, 0.15) is 11.5 Å². The second-order valence-corrected chi connectivity index (χ2v) is 12.9. The van der Waals surface area contributed by atoms with Crippen LogP contribution < -0.4 is 4.74 Å². The van der Waals surface area contributed by atoms with E-state index in [0.29, 0.717) is 0 Å². The first-order valence-electron chi connectivity index (χ1n) is 16.1. The normalized spacial score (nSPS) is 17.2. The Labute approximate surface area is 269 Å². The lowest BCUT2D eigenvalue weighted by atomic mass is 9.63. The van der Waals surface area contributed by atoms with E-state index in [1.54, 1.807) is 0 Å². The molecule has 1 aliphatic heterocycles. The van der Waals surface area contributed by atoms with Gasteiger partial charge in [0.25, 0.3) is 0 Å². The molecule has 0 N–H and O–H groups in total. The van der Waals surface area contributed by atoms with Crippen molar-refractivity contribution in [2.75, 3.05) is 0 Å². The summed E-state index contributed by atoms with van der Waals surface area (Å²) >= 11 is 0. The largest absolute Gasteiger partial charge is 0.457 e. The molecule has 0 saturated heterocycles. The average molecular weight is 587 g/mol. The van der Waals surface area contributed by atoms with Crippen molar-refractivity contribution in [3.05, 3.63) is 203 Å². The molecule has 7 aromatic rings. The van der Waals surface area contributed by atoms with Gasteiger partial charge in [0.05, 0.1) is 5.41 Å². The van der Waals surface area contributed by atoms with Gasteiger partial charge in [-0.1, -0.05) is 152 Å². The molecule has 0 saturated carbocycles. The van der Waals surface area contributed by atoms with E-state index in [1.165, 1.54) is 72.3 Å². The summed E-state index contributed by atoms with van der Waals surface area (Å²) in [6, 6.07) is 60.1. The smallest absolute Gasteiger partial charge is 0.132 e. The summed E-state index contributed by atoms with van der Waals surface area (Å²) in [6.07, 6.45) is 0. The van der Waals surface area contributed by atoms with Crippen LogP contribution in [-0.4, -0.2) is 0 Å². The second kappa shape index (κ2) is 9.19. The van der Waals surface area contributed by atoms with Crippen molar-refractivity contribution >= 4 is 0 Å². The van der Waals surface area contributed by atoms with E-state index < -0.39 is 5.41 Å². The fourth-order valence-corrected chi connectivity index (χ4v) is 9.04. The molecule has 0 aromatic heterocycles. The van der Waals surface area contributed by atoms with Gasteiger partial charge in [-0.15, -0.1) is 0 Å². The van der Waals surface area contributed by atoms with Gasteiger partial charge in [0, 0.05) is 16.5 Å². The highest BCUT2D eigenvalue weighted by Crippen LogP contribution is 2.65. The number of ether oxygens (including phenoxy) is 1. The molecule has 1 spiro atoms. The predicted octanol–water partition coefficient (Wildman–Crippen LogP) is 11.2. The molecule has 0 amide bonds. The SMILES string of the molecule is CC1(c2ccccc2)c2ccccc2-c2cccc(-c3cccc4c3C3(c5ccccc5O4)c4ccccc4-c4ccccc43)c21. The Morgan fingerprint density at radius 3 is 1.46 bits per heavy atom.